The molecule has 0 bridgehead atoms. The van der Waals surface area contributed by atoms with Gasteiger partial charge in [0.15, 0.2) is 0 Å². The van der Waals surface area contributed by atoms with Crippen LogP contribution in [0.3, 0.4) is 0 Å². The van der Waals surface area contributed by atoms with Crippen molar-refractivity contribution in [3.05, 3.63) is 64.0 Å². The molecule has 0 fully saturated rings. The van der Waals surface area contributed by atoms with E-state index in [1.807, 2.05) is 0 Å². The summed E-state index contributed by atoms with van der Waals surface area (Å²) in [7, 11) is 0. The molecule has 0 atom stereocenters. The second-order valence-corrected chi connectivity index (χ2v) is 4.33. The Morgan fingerprint density at radius 3 is 2.62 bits per heavy atom. The zero-order valence-corrected chi connectivity index (χ0v) is 11.0. The number of anilines is 1. The molecule has 0 unspecified atom stereocenters. The summed E-state index contributed by atoms with van der Waals surface area (Å²) in [5.41, 5.74) is 1.59. The highest BCUT2D eigenvalue weighted by atomic mass is 16.6. The third kappa shape index (κ3) is 3.75. The Labute approximate surface area is 120 Å². The number of aromatic nitrogens is 1. The van der Waals surface area contributed by atoms with Gasteiger partial charge in [0.2, 0.25) is 0 Å². The average Bonchev–Trinajstić information content (AvgIpc) is 2.48. The van der Waals surface area contributed by atoms with Crippen molar-refractivity contribution < 1.29 is 14.8 Å². The van der Waals surface area contributed by atoms with Crippen molar-refractivity contribution in [3.63, 3.8) is 0 Å². The molecular weight excluding hydrogens is 274 g/mol. The Morgan fingerprint density at radius 1 is 1.29 bits per heavy atom. The van der Waals surface area contributed by atoms with Gasteiger partial charge in [-0.15, -0.1) is 0 Å². The van der Waals surface area contributed by atoms with Crippen molar-refractivity contribution in [3.8, 4) is 0 Å². The fraction of sp³-hybridized carbons (Fsp3) is 0.143. The summed E-state index contributed by atoms with van der Waals surface area (Å²) in [6.45, 7) is 0.516. The van der Waals surface area contributed by atoms with E-state index in [0.29, 0.717) is 18.7 Å². The first kappa shape index (κ1) is 14.4. The van der Waals surface area contributed by atoms with Crippen molar-refractivity contribution in [2.45, 2.75) is 6.42 Å². The SMILES string of the molecule is O=C(O)c1cnccc1NCCc1ccc([N+](=O)[O-])cc1. The van der Waals surface area contributed by atoms with Crippen LogP contribution in [0, 0.1) is 10.1 Å². The molecule has 1 heterocycles. The van der Waals surface area contributed by atoms with Crippen LogP contribution in [-0.4, -0.2) is 27.5 Å². The van der Waals surface area contributed by atoms with E-state index in [-0.39, 0.29) is 11.3 Å². The first-order valence-electron chi connectivity index (χ1n) is 6.22. The van der Waals surface area contributed by atoms with Crippen LogP contribution in [0.25, 0.3) is 0 Å². The van der Waals surface area contributed by atoms with Gasteiger partial charge in [0.25, 0.3) is 5.69 Å². The number of carbonyl (C=O) groups is 1. The first-order chi connectivity index (χ1) is 10.1. The van der Waals surface area contributed by atoms with E-state index in [4.69, 9.17) is 5.11 Å². The number of non-ortho nitro benzene ring substituents is 1. The largest absolute Gasteiger partial charge is 0.478 e. The summed E-state index contributed by atoms with van der Waals surface area (Å²) in [6, 6.07) is 7.86. The topological polar surface area (TPSA) is 105 Å². The number of carboxylic acids is 1. The minimum atomic E-state index is -1.04. The molecule has 0 radical (unpaired) electrons. The summed E-state index contributed by atoms with van der Waals surface area (Å²) in [5.74, 6) is -1.04. The molecule has 1 aromatic carbocycles. The first-order valence-corrected chi connectivity index (χ1v) is 6.22. The van der Waals surface area contributed by atoms with Gasteiger partial charge in [-0.25, -0.2) is 4.79 Å². The van der Waals surface area contributed by atoms with Gasteiger partial charge in [0, 0.05) is 31.1 Å². The number of nitrogens with one attached hydrogen (secondary N) is 1. The van der Waals surface area contributed by atoms with Crippen molar-refractivity contribution in [1.82, 2.24) is 4.98 Å². The zero-order valence-electron chi connectivity index (χ0n) is 11.0. The maximum Gasteiger partial charge on any atom is 0.339 e. The highest BCUT2D eigenvalue weighted by molar-refractivity contribution is 5.93. The van der Waals surface area contributed by atoms with Crippen LogP contribution in [0.2, 0.25) is 0 Å². The summed E-state index contributed by atoms with van der Waals surface area (Å²) < 4.78 is 0. The van der Waals surface area contributed by atoms with E-state index in [2.05, 4.69) is 10.3 Å². The second kappa shape index (κ2) is 6.47. The minimum absolute atomic E-state index is 0.0500. The Bertz CT molecular complexity index is 656. The number of pyridine rings is 1. The summed E-state index contributed by atoms with van der Waals surface area (Å²) in [5, 5.41) is 22.6. The lowest BCUT2D eigenvalue weighted by Crippen LogP contribution is -2.09. The zero-order chi connectivity index (χ0) is 15.2. The number of benzene rings is 1. The van der Waals surface area contributed by atoms with Gasteiger partial charge >= 0.3 is 5.97 Å². The van der Waals surface area contributed by atoms with Crippen LogP contribution in [0.4, 0.5) is 11.4 Å². The highest BCUT2D eigenvalue weighted by Crippen LogP contribution is 2.15. The van der Waals surface area contributed by atoms with Crippen LogP contribution in [0.1, 0.15) is 15.9 Å². The van der Waals surface area contributed by atoms with Gasteiger partial charge in [-0.2, -0.15) is 0 Å². The lowest BCUT2D eigenvalue weighted by molar-refractivity contribution is -0.384. The standard InChI is InChI=1S/C14H13N3O4/c18-14(19)12-9-15-7-6-13(12)16-8-5-10-1-3-11(4-2-10)17(20)21/h1-4,6-7,9H,5,8H2,(H,15,16)(H,18,19). The number of hydrogen-bond acceptors (Lipinski definition) is 5. The molecule has 0 saturated carbocycles. The van der Waals surface area contributed by atoms with Crippen molar-refractivity contribution >= 4 is 17.3 Å². The van der Waals surface area contributed by atoms with Gasteiger partial charge in [-0.05, 0) is 18.1 Å². The highest BCUT2D eigenvalue weighted by Gasteiger charge is 2.09. The lowest BCUT2D eigenvalue weighted by Gasteiger charge is -2.08. The monoisotopic (exact) mass is 287 g/mol. The molecule has 2 rings (SSSR count). The summed E-state index contributed by atoms with van der Waals surface area (Å²) in [4.78, 5) is 24.9. The number of carboxylic acid groups (broad SMARTS) is 1. The molecule has 108 valence electrons. The molecule has 0 amide bonds. The van der Waals surface area contributed by atoms with Crippen LogP contribution >= 0.6 is 0 Å². The summed E-state index contributed by atoms with van der Waals surface area (Å²) in [6.07, 6.45) is 3.43. The molecule has 1 aromatic heterocycles. The molecule has 2 aromatic rings. The van der Waals surface area contributed by atoms with E-state index in [1.165, 1.54) is 24.5 Å². The van der Waals surface area contributed by atoms with E-state index < -0.39 is 10.9 Å². The molecule has 7 heteroatoms. The van der Waals surface area contributed by atoms with Crippen molar-refractivity contribution in [2.75, 3.05) is 11.9 Å². The molecule has 2 N–H and O–H groups in total. The number of nitrogens with zero attached hydrogens (tertiary/aromatic N) is 2. The van der Waals surface area contributed by atoms with E-state index in [9.17, 15) is 14.9 Å². The number of aromatic carboxylic acids is 1. The van der Waals surface area contributed by atoms with Crippen LogP contribution < -0.4 is 5.32 Å². The van der Waals surface area contributed by atoms with E-state index in [0.717, 1.165) is 5.56 Å². The second-order valence-electron chi connectivity index (χ2n) is 4.33. The number of nitro benzene ring substituents is 1. The van der Waals surface area contributed by atoms with Crippen LogP contribution in [0.15, 0.2) is 42.7 Å². The molecule has 21 heavy (non-hydrogen) atoms. The molecule has 7 nitrogen and oxygen atoms in total. The van der Waals surface area contributed by atoms with E-state index >= 15 is 0 Å². The maximum absolute atomic E-state index is 11.0. The third-order valence-corrected chi connectivity index (χ3v) is 2.93. The van der Waals surface area contributed by atoms with Crippen LogP contribution in [0.5, 0.6) is 0 Å². The third-order valence-electron chi connectivity index (χ3n) is 2.93. The molecule has 0 aliphatic heterocycles. The average molecular weight is 287 g/mol. The normalized spacial score (nSPS) is 10.1. The van der Waals surface area contributed by atoms with Crippen LogP contribution in [-0.2, 0) is 6.42 Å². The molecule has 0 aliphatic rings. The van der Waals surface area contributed by atoms with Gasteiger partial charge < -0.3 is 10.4 Å². The predicted octanol–water partition coefficient (Wildman–Crippen LogP) is 2.34. The fourth-order valence-electron chi connectivity index (χ4n) is 1.84. The Balaban J connectivity index is 1.95. The van der Waals surface area contributed by atoms with E-state index in [1.54, 1.807) is 18.2 Å². The smallest absolute Gasteiger partial charge is 0.339 e. The van der Waals surface area contributed by atoms with Crippen molar-refractivity contribution in [1.29, 1.82) is 0 Å². The Kier molecular flexibility index (Phi) is 4.45. The maximum atomic E-state index is 11.0. The summed E-state index contributed by atoms with van der Waals surface area (Å²) >= 11 is 0. The number of nitro groups is 1. The minimum Gasteiger partial charge on any atom is -0.478 e. The van der Waals surface area contributed by atoms with Crippen molar-refractivity contribution in [2.24, 2.45) is 0 Å². The number of hydrogen-bond donors (Lipinski definition) is 2. The fourth-order valence-corrected chi connectivity index (χ4v) is 1.84. The van der Waals surface area contributed by atoms with Gasteiger partial charge in [-0.3, -0.25) is 15.1 Å². The van der Waals surface area contributed by atoms with Gasteiger partial charge in [-0.1, -0.05) is 12.1 Å². The quantitative estimate of drug-likeness (QED) is 0.624. The number of rotatable bonds is 6. The van der Waals surface area contributed by atoms with Gasteiger partial charge in [0.1, 0.15) is 5.56 Å². The Morgan fingerprint density at radius 2 is 2.00 bits per heavy atom. The lowest BCUT2D eigenvalue weighted by atomic mass is 10.1. The predicted molar refractivity (Wildman–Crippen MR) is 76.5 cm³/mol. The van der Waals surface area contributed by atoms with Gasteiger partial charge in [0.05, 0.1) is 10.6 Å². The molecule has 0 aliphatic carbocycles. The molecular formula is C14H13N3O4. The molecule has 0 spiro atoms. The Hall–Kier alpha value is -2.96. The molecule has 0 saturated heterocycles.